The smallest absolute Gasteiger partial charge is 0.0675 e. The zero-order chi connectivity index (χ0) is 10.6. The summed E-state index contributed by atoms with van der Waals surface area (Å²) in [5.41, 5.74) is 1.01. The molecular formula is C12H17NO2. The number of aliphatic hydroxyl groups is 1. The summed E-state index contributed by atoms with van der Waals surface area (Å²) >= 11 is 0. The van der Waals surface area contributed by atoms with Crippen molar-refractivity contribution in [2.75, 3.05) is 19.8 Å². The van der Waals surface area contributed by atoms with E-state index in [0.717, 1.165) is 19.6 Å². The van der Waals surface area contributed by atoms with Crippen LogP contribution < -0.4 is 5.32 Å². The van der Waals surface area contributed by atoms with E-state index in [1.54, 1.807) is 0 Å². The van der Waals surface area contributed by atoms with Crippen LogP contribution in [0.5, 0.6) is 0 Å². The maximum atomic E-state index is 9.35. The molecule has 3 nitrogen and oxygen atoms in total. The minimum Gasteiger partial charge on any atom is -0.394 e. The van der Waals surface area contributed by atoms with Gasteiger partial charge in [-0.05, 0) is 12.0 Å². The zero-order valence-corrected chi connectivity index (χ0v) is 8.78. The molecule has 0 saturated carbocycles. The molecule has 1 saturated heterocycles. The topological polar surface area (TPSA) is 41.5 Å². The fourth-order valence-corrected chi connectivity index (χ4v) is 1.81. The monoisotopic (exact) mass is 207 g/mol. The summed E-state index contributed by atoms with van der Waals surface area (Å²) in [6.45, 7) is 2.27. The molecule has 1 atom stereocenters. The standard InChI is InChI=1S/C12H17NO2/c14-9-12(6-7-15-10-12)13-8-11-4-2-1-3-5-11/h1-5,13-14H,6-10H2/t12-/m1/s1. The van der Waals surface area contributed by atoms with Crippen LogP contribution in [0, 0.1) is 0 Å². The minimum atomic E-state index is -0.226. The van der Waals surface area contributed by atoms with Crippen LogP contribution in [0.2, 0.25) is 0 Å². The van der Waals surface area contributed by atoms with E-state index in [1.165, 1.54) is 5.56 Å². The summed E-state index contributed by atoms with van der Waals surface area (Å²) in [7, 11) is 0. The summed E-state index contributed by atoms with van der Waals surface area (Å²) in [6, 6.07) is 10.2. The van der Waals surface area contributed by atoms with Crippen molar-refractivity contribution in [1.29, 1.82) is 0 Å². The molecule has 3 heteroatoms. The molecule has 0 unspecified atom stereocenters. The van der Waals surface area contributed by atoms with Crippen molar-refractivity contribution in [3.63, 3.8) is 0 Å². The molecule has 2 N–H and O–H groups in total. The van der Waals surface area contributed by atoms with Crippen LogP contribution in [-0.4, -0.2) is 30.5 Å². The van der Waals surface area contributed by atoms with Crippen molar-refractivity contribution in [2.45, 2.75) is 18.5 Å². The fraction of sp³-hybridized carbons (Fsp3) is 0.500. The molecular weight excluding hydrogens is 190 g/mol. The van der Waals surface area contributed by atoms with E-state index < -0.39 is 0 Å². The molecule has 82 valence electrons. The van der Waals surface area contributed by atoms with Crippen LogP contribution in [0.15, 0.2) is 30.3 Å². The van der Waals surface area contributed by atoms with E-state index in [4.69, 9.17) is 4.74 Å². The third-order valence-corrected chi connectivity index (χ3v) is 2.92. The summed E-state index contributed by atoms with van der Waals surface area (Å²) < 4.78 is 5.32. The van der Waals surface area contributed by atoms with Crippen molar-refractivity contribution < 1.29 is 9.84 Å². The molecule has 1 aromatic rings. The van der Waals surface area contributed by atoms with Gasteiger partial charge < -0.3 is 15.2 Å². The molecule has 2 rings (SSSR count). The second-order valence-electron chi connectivity index (χ2n) is 4.08. The molecule has 0 aliphatic carbocycles. The van der Waals surface area contributed by atoms with E-state index in [2.05, 4.69) is 17.4 Å². The highest BCUT2D eigenvalue weighted by molar-refractivity contribution is 5.14. The van der Waals surface area contributed by atoms with Crippen LogP contribution in [0.1, 0.15) is 12.0 Å². The number of benzene rings is 1. The SMILES string of the molecule is OC[C@]1(NCc2ccccc2)CCOC1. The van der Waals surface area contributed by atoms with Crippen molar-refractivity contribution in [1.82, 2.24) is 5.32 Å². The molecule has 0 bridgehead atoms. The Labute approximate surface area is 90.1 Å². The Morgan fingerprint density at radius 2 is 2.13 bits per heavy atom. The number of hydrogen-bond acceptors (Lipinski definition) is 3. The van der Waals surface area contributed by atoms with Crippen molar-refractivity contribution >= 4 is 0 Å². The second-order valence-corrected chi connectivity index (χ2v) is 4.08. The van der Waals surface area contributed by atoms with Crippen molar-refractivity contribution in [3.8, 4) is 0 Å². The van der Waals surface area contributed by atoms with E-state index in [0.29, 0.717) is 6.61 Å². The lowest BCUT2D eigenvalue weighted by Gasteiger charge is -2.26. The molecule has 1 fully saturated rings. The summed E-state index contributed by atoms with van der Waals surface area (Å²) in [5, 5.41) is 12.7. The molecule has 15 heavy (non-hydrogen) atoms. The highest BCUT2D eigenvalue weighted by Gasteiger charge is 2.33. The number of nitrogens with one attached hydrogen (secondary N) is 1. The van der Waals surface area contributed by atoms with Gasteiger partial charge in [0.2, 0.25) is 0 Å². The molecule has 1 heterocycles. The van der Waals surface area contributed by atoms with Crippen LogP contribution in [0.3, 0.4) is 0 Å². The average Bonchev–Trinajstić information content (AvgIpc) is 2.77. The van der Waals surface area contributed by atoms with Crippen molar-refractivity contribution in [3.05, 3.63) is 35.9 Å². The van der Waals surface area contributed by atoms with E-state index in [-0.39, 0.29) is 12.1 Å². The van der Waals surface area contributed by atoms with E-state index >= 15 is 0 Å². The highest BCUT2D eigenvalue weighted by atomic mass is 16.5. The van der Waals surface area contributed by atoms with E-state index in [9.17, 15) is 5.11 Å². The first-order valence-electron chi connectivity index (χ1n) is 5.32. The molecule has 0 amide bonds. The predicted molar refractivity (Wildman–Crippen MR) is 58.5 cm³/mol. The molecule has 1 aliphatic rings. The van der Waals surface area contributed by atoms with Gasteiger partial charge in [0.25, 0.3) is 0 Å². The largest absolute Gasteiger partial charge is 0.394 e. The van der Waals surface area contributed by atoms with Crippen LogP contribution in [0.4, 0.5) is 0 Å². The third kappa shape index (κ3) is 2.56. The van der Waals surface area contributed by atoms with Gasteiger partial charge in [-0.3, -0.25) is 0 Å². The Morgan fingerprint density at radius 3 is 2.73 bits per heavy atom. The van der Waals surface area contributed by atoms with Crippen molar-refractivity contribution in [2.24, 2.45) is 0 Å². The van der Waals surface area contributed by atoms with Gasteiger partial charge in [0.05, 0.1) is 18.8 Å². The molecule has 1 aliphatic heterocycles. The third-order valence-electron chi connectivity index (χ3n) is 2.92. The van der Waals surface area contributed by atoms with Crippen LogP contribution >= 0.6 is 0 Å². The number of aliphatic hydroxyl groups excluding tert-OH is 1. The van der Waals surface area contributed by atoms with Gasteiger partial charge in [0, 0.05) is 13.2 Å². The van der Waals surface area contributed by atoms with Gasteiger partial charge in [-0.15, -0.1) is 0 Å². The average molecular weight is 207 g/mol. The summed E-state index contributed by atoms with van der Waals surface area (Å²) in [6.07, 6.45) is 0.885. The lowest BCUT2D eigenvalue weighted by molar-refractivity contribution is 0.120. The van der Waals surface area contributed by atoms with E-state index in [1.807, 2.05) is 18.2 Å². The Bertz CT molecular complexity index is 294. The van der Waals surface area contributed by atoms with Crippen LogP contribution in [0.25, 0.3) is 0 Å². The molecule has 0 radical (unpaired) electrons. The number of rotatable bonds is 4. The molecule has 0 spiro atoms. The van der Waals surface area contributed by atoms with Gasteiger partial charge >= 0.3 is 0 Å². The Morgan fingerprint density at radius 1 is 1.33 bits per heavy atom. The fourth-order valence-electron chi connectivity index (χ4n) is 1.81. The Hall–Kier alpha value is -0.900. The quantitative estimate of drug-likeness (QED) is 0.771. The summed E-state index contributed by atoms with van der Waals surface area (Å²) in [4.78, 5) is 0. The maximum Gasteiger partial charge on any atom is 0.0675 e. The van der Waals surface area contributed by atoms with Gasteiger partial charge in [0.15, 0.2) is 0 Å². The first-order valence-corrected chi connectivity index (χ1v) is 5.32. The first-order chi connectivity index (χ1) is 7.35. The highest BCUT2D eigenvalue weighted by Crippen LogP contribution is 2.18. The number of hydrogen-bond donors (Lipinski definition) is 2. The van der Waals surface area contributed by atoms with Gasteiger partial charge in [0.1, 0.15) is 0 Å². The molecule has 1 aromatic carbocycles. The second kappa shape index (κ2) is 4.75. The molecule has 0 aromatic heterocycles. The summed E-state index contributed by atoms with van der Waals surface area (Å²) in [5.74, 6) is 0. The number of ether oxygens (including phenoxy) is 1. The van der Waals surface area contributed by atoms with Gasteiger partial charge in [-0.25, -0.2) is 0 Å². The Kier molecular flexibility index (Phi) is 3.36. The first kappa shape index (κ1) is 10.6. The normalized spacial score (nSPS) is 25.7. The predicted octanol–water partition coefficient (Wildman–Crippen LogP) is 0.928. The zero-order valence-electron chi connectivity index (χ0n) is 8.78. The van der Waals surface area contributed by atoms with Crippen LogP contribution in [-0.2, 0) is 11.3 Å². The Balaban J connectivity index is 1.92. The maximum absolute atomic E-state index is 9.35. The van der Waals surface area contributed by atoms with Gasteiger partial charge in [-0.2, -0.15) is 0 Å². The lowest BCUT2D eigenvalue weighted by Crippen LogP contribution is -2.48. The van der Waals surface area contributed by atoms with Gasteiger partial charge in [-0.1, -0.05) is 30.3 Å². The minimum absolute atomic E-state index is 0.139. The lowest BCUT2D eigenvalue weighted by atomic mass is 9.99.